The molecule has 1 amide bonds. The monoisotopic (exact) mass is 278 g/mol. The Morgan fingerprint density at radius 2 is 2.00 bits per heavy atom. The molecule has 5 heteroatoms. The van der Waals surface area contributed by atoms with E-state index in [0.717, 1.165) is 17.1 Å². The molecule has 1 heterocycles. The standard InChI is InChI=1S/C15H22N2O3/c1-10(2)17(15(18)11(3)16)9-12-5-4-6-13-14(12)20-8-7-19-13/h4-6,10-11H,7-9,16H2,1-3H3/t11-/m0/s1. The smallest absolute Gasteiger partial charge is 0.239 e. The summed E-state index contributed by atoms with van der Waals surface area (Å²) < 4.78 is 11.2. The first-order valence-corrected chi connectivity index (χ1v) is 6.94. The van der Waals surface area contributed by atoms with E-state index in [1.54, 1.807) is 11.8 Å². The van der Waals surface area contributed by atoms with Crippen molar-refractivity contribution in [1.82, 2.24) is 4.90 Å². The number of hydrogen-bond acceptors (Lipinski definition) is 4. The Bertz CT molecular complexity index is 486. The van der Waals surface area contributed by atoms with Crippen molar-refractivity contribution in [2.75, 3.05) is 13.2 Å². The summed E-state index contributed by atoms with van der Waals surface area (Å²) in [6.07, 6.45) is 0. The lowest BCUT2D eigenvalue weighted by molar-refractivity contribution is -0.134. The zero-order chi connectivity index (χ0) is 14.7. The maximum absolute atomic E-state index is 12.2. The second-order valence-electron chi connectivity index (χ2n) is 5.29. The summed E-state index contributed by atoms with van der Waals surface area (Å²) in [6, 6.07) is 5.32. The normalized spacial score (nSPS) is 15.1. The van der Waals surface area contributed by atoms with Gasteiger partial charge in [-0.1, -0.05) is 12.1 Å². The Morgan fingerprint density at radius 3 is 2.65 bits per heavy atom. The third kappa shape index (κ3) is 3.04. The highest BCUT2D eigenvalue weighted by Crippen LogP contribution is 2.34. The molecule has 0 saturated heterocycles. The van der Waals surface area contributed by atoms with Crippen LogP contribution in [-0.2, 0) is 11.3 Å². The average Bonchev–Trinajstić information content (AvgIpc) is 2.43. The fraction of sp³-hybridized carbons (Fsp3) is 0.533. The van der Waals surface area contributed by atoms with E-state index in [1.165, 1.54) is 0 Å². The fourth-order valence-corrected chi connectivity index (χ4v) is 2.22. The van der Waals surface area contributed by atoms with E-state index in [2.05, 4.69) is 0 Å². The summed E-state index contributed by atoms with van der Waals surface area (Å²) in [7, 11) is 0. The van der Waals surface area contributed by atoms with Crippen LogP contribution in [0.15, 0.2) is 18.2 Å². The van der Waals surface area contributed by atoms with Crippen LogP contribution in [0, 0.1) is 0 Å². The topological polar surface area (TPSA) is 64.8 Å². The summed E-state index contributed by atoms with van der Waals surface area (Å²) in [4.78, 5) is 13.9. The van der Waals surface area contributed by atoms with Gasteiger partial charge in [-0.25, -0.2) is 0 Å². The molecule has 0 aromatic heterocycles. The third-order valence-electron chi connectivity index (χ3n) is 3.28. The Hall–Kier alpha value is -1.75. The van der Waals surface area contributed by atoms with Crippen LogP contribution in [0.3, 0.4) is 0 Å². The zero-order valence-corrected chi connectivity index (χ0v) is 12.3. The molecule has 110 valence electrons. The first-order chi connectivity index (χ1) is 9.50. The molecule has 5 nitrogen and oxygen atoms in total. The Labute approximate surface area is 119 Å². The summed E-state index contributed by atoms with van der Waals surface area (Å²) in [5.74, 6) is 1.42. The molecule has 1 atom stereocenters. The minimum absolute atomic E-state index is 0.0608. The van der Waals surface area contributed by atoms with Gasteiger partial charge in [0, 0.05) is 18.2 Å². The van der Waals surface area contributed by atoms with Crippen molar-refractivity contribution >= 4 is 5.91 Å². The highest BCUT2D eigenvalue weighted by molar-refractivity contribution is 5.81. The van der Waals surface area contributed by atoms with E-state index in [1.807, 2.05) is 32.0 Å². The van der Waals surface area contributed by atoms with Crippen molar-refractivity contribution in [3.8, 4) is 11.5 Å². The first kappa shape index (κ1) is 14.7. The number of fused-ring (bicyclic) bond motifs is 1. The van der Waals surface area contributed by atoms with E-state index >= 15 is 0 Å². The molecule has 0 radical (unpaired) electrons. The maximum atomic E-state index is 12.2. The number of nitrogens with two attached hydrogens (primary N) is 1. The lowest BCUT2D eigenvalue weighted by Crippen LogP contribution is -2.45. The molecule has 1 aliphatic heterocycles. The van der Waals surface area contributed by atoms with Crippen LogP contribution in [0.5, 0.6) is 11.5 Å². The number of ether oxygens (including phenoxy) is 2. The number of benzene rings is 1. The van der Waals surface area contributed by atoms with Gasteiger partial charge in [-0.05, 0) is 26.8 Å². The molecule has 0 unspecified atom stereocenters. The minimum atomic E-state index is -0.505. The van der Waals surface area contributed by atoms with Crippen LogP contribution in [-0.4, -0.2) is 36.1 Å². The molecule has 0 bridgehead atoms. The molecule has 1 aliphatic rings. The van der Waals surface area contributed by atoms with Gasteiger partial charge in [0.05, 0.1) is 6.04 Å². The second kappa shape index (κ2) is 6.13. The highest BCUT2D eigenvalue weighted by atomic mass is 16.6. The van der Waals surface area contributed by atoms with Gasteiger partial charge < -0.3 is 20.1 Å². The molecule has 0 spiro atoms. The van der Waals surface area contributed by atoms with Crippen molar-refractivity contribution in [1.29, 1.82) is 0 Å². The van der Waals surface area contributed by atoms with Crippen LogP contribution in [0.1, 0.15) is 26.3 Å². The van der Waals surface area contributed by atoms with Gasteiger partial charge in [0.2, 0.25) is 5.91 Å². The number of amides is 1. The Kier molecular flexibility index (Phi) is 4.49. The van der Waals surface area contributed by atoms with Crippen molar-refractivity contribution in [3.63, 3.8) is 0 Å². The third-order valence-corrected chi connectivity index (χ3v) is 3.28. The summed E-state index contributed by atoms with van der Waals surface area (Å²) in [5.41, 5.74) is 6.67. The Morgan fingerprint density at radius 1 is 1.30 bits per heavy atom. The van der Waals surface area contributed by atoms with Crippen LogP contribution in [0.2, 0.25) is 0 Å². The van der Waals surface area contributed by atoms with E-state index in [0.29, 0.717) is 19.8 Å². The molecular formula is C15H22N2O3. The largest absolute Gasteiger partial charge is 0.486 e. The van der Waals surface area contributed by atoms with Crippen molar-refractivity contribution < 1.29 is 14.3 Å². The quantitative estimate of drug-likeness (QED) is 0.907. The molecule has 0 fully saturated rings. The molecule has 20 heavy (non-hydrogen) atoms. The van der Waals surface area contributed by atoms with Gasteiger partial charge in [-0.15, -0.1) is 0 Å². The fourth-order valence-electron chi connectivity index (χ4n) is 2.22. The molecular weight excluding hydrogens is 256 g/mol. The summed E-state index contributed by atoms with van der Waals surface area (Å²) in [5, 5.41) is 0. The SMILES string of the molecule is CC(C)N(Cc1cccc2c1OCCO2)C(=O)[C@H](C)N. The van der Waals surface area contributed by atoms with E-state index < -0.39 is 6.04 Å². The van der Waals surface area contributed by atoms with E-state index in [4.69, 9.17) is 15.2 Å². The molecule has 0 saturated carbocycles. The van der Waals surface area contributed by atoms with Crippen LogP contribution in [0.4, 0.5) is 0 Å². The number of hydrogen-bond donors (Lipinski definition) is 1. The van der Waals surface area contributed by atoms with Crippen LogP contribution < -0.4 is 15.2 Å². The van der Waals surface area contributed by atoms with Crippen LogP contribution in [0.25, 0.3) is 0 Å². The van der Waals surface area contributed by atoms with Crippen molar-refractivity contribution in [2.45, 2.75) is 39.4 Å². The summed E-state index contributed by atoms with van der Waals surface area (Å²) in [6.45, 7) is 7.23. The molecule has 2 rings (SSSR count). The van der Waals surface area contributed by atoms with Gasteiger partial charge in [-0.2, -0.15) is 0 Å². The van der Waals surface area contributed by atoms with Crippen molar-refractivity contribution in [3.05, 3.63) is 23.8 Å². The number of rotatable bonds is 4. The number of para-hydroxylation sites is 1. The average molecular weight is 278 g/mol. The second-order valence-corrected chi connectivity index (χ2v) is 5.29. The maximum Gasteiger partial charge on any atom is 0.239 e. The zero-order valence-electron chi connectivity index (χ0n) is 12.3. The Balaban J connectivity index is 2.25. The number of carbonyl (C=O) groups excluding carboxylic acids is 1. The molecule has 1 aromatic carbocycles. The number of nitrogens with zero attached hydrogens (tertiary/aromatic N) is 1. The minimum Gasteiger partial charge on any atom is -0.486 e. The first-order valence-electron chi connectivity index (χ1n) is 6.94. The molecule has 1 aromatic rings. The highest BCUT2D eigenvalue weighted by Gasteiger charge is 2.23. The van der Waals surface area contributed by atoms with Gasteiger partial charge in [0.15, 0.2) is 11.5 Å². The van der Waals surface area contributed by atoms with Gasteiger partial charge >= 0.3 is 0 Å². The van der Waals surface area contributed by atoms with Crippen molar-refractivity contribution in [2.24, 2.45) is 5.73 Å². The van der Waals surface area contributed by atoms with Gasteiger partial charge in [-0.3, -0.25) is 4.79 Å². The lowest BCUT2D eigenvalue weighted by atomic mass is 10.1. The molecule has 0 aliphatic carbocycles. The predicted octanol–water partition coefficient (Wildman–Crippen LogP) is 1.54. The van der Waals surface area contributed by atoms with E-state index in [-0.39, 0.29) is 11.9 Å². The van der Waals surface area contributed by atoms with Gasteiger partial charge in [0.25, 0.3) is 0 Å². The van der Waals surface area contributed by atoms with Crippen LogP contribution >= 0.6 is 0 Å². The summed E-state index contributed by atoms with van der Waals surface area (Å²) >= 11 is 0. The van der Waals surface area contributed by atoms with E-state index in [9.17, 15) is 4.79 Å². The predicted molar refractivity (Wildman–Crippen MR) is 76.8 cm³/mol. The lowest BCUT2D eigenvalue weighted by Gasteiger charge is -2.30. The van der Waals surface area contributed by atoms with Gasteiger partial charge in [0.1, 0.15) is 13.2 Å². The molecule has 2 N–H and O–H groups in total. The number of carbonyl (C=O) groups is 1.